The van der Waals surface area contributed by atoms with Crippen molar-refractivity contribution in [1.29, 1.82) is 0 Å². The fourth-order valence-corrected chi connectivity index (χ4v) is 3.58. The molecule has 0 saturated heterocycles. The smallest absolute Gasteiger partial charge is 0.219 e. The number of hydrogen-bond acceptors (Lipinski definition) is 3. The minimum absolute atomic E-state index is 0.0833. The van der Waals surface area contributed by atoms with E-state index in [0.717, 1.165) is 17.3 Å². The van der Waals surface area contributed by atoms with Crippen LogP contribution >= 0.6 is 35.0 Å². The molecule has 0 saturated carbocycles. The number of aliphatic hydroxyl groups is 1. The molecule has 1 aromatic carbocycles. The van der Waals surface area contributed by atoms with Gasteiger partial charge in [0.1, 0.15) is 5.76 Å². The average molecular weight is 303 g/mol. The van der Waals surface area contributed by atoms with Crippen LogP contribution in [0.15, 0.2) is 29.5 Å². The molecule has 0 radical (unpaired) electrons. The second kappa shape index (κ2) is 4.80. The third kappa shape index (κ3) is 2.40. The van der Waals surface area contributed by atoms with E-state index in [2.05, 4.69) is 0 Å². The predicted molar refractivity (Wildman–Crippen MR) is 76.5 cm³/mol. The summed E-state index contributed by atoms with van der Waals surface area (Å²) in [6.45, 7) is 3.48. The molecule has 1 atom stereocenters. The van der Waals surface area contributed by atoms with Crippen molar-refractivity contribution in [3.8, 4) is 0 Å². The van der Waals surface area contributed by atoms with E-state index in [4.69, 9.17) is 23.2 Å². The Morgan fingerprint density at radius 3 is 2.56 bits per heavy atom. The van der Waals surface area contributed by atoms with Gasteiger partial charge in [0.2, 0.25) is 5.12 Å². The molecule has 96 valence electrons. The third-order valence-corrected chi connectivity index (χ3v) is 4.89. The summed E-state index contributed by atoms with van der Waals surface area (Å²) < 4.78 is -0.640. The van der Waals surface area contributed by atoms with Crippen LogP contribution in [0.4, 0.5) is 0 Å². The zero-order valence-corrected chi connectivity index (χ0v) is 12.3. The van der Waals surface area contributed by atoms with E-state index in [9.17, 15) is 9.90 Å². The Labute approximate surface area is 120 Å². The van der Waals surface area contributed by atoms with Gasteiger partial charge in [-0.3, -0.25) is 4.79 Å². The van der Waals surface area contributed by atoms with E-state index in [-0.39, 0.29) is 10.9 Å². The summed E-state index contributed by atoms with van der Waals surface area (Å²) in [6.07, 6.45) is 0.489. The number of rotatable bonds is 2. The number of hydrogen-bond donors (Lipinski definition) is 1. The number of halogens is 2. The molecule has 18 heavy (non-hydrogen) atoms. The number of benzene rings is 1. The van der Waals surface area contributed by atoms with Crippen LogP contribution in [-0.4, -0.2) is 15.0 Å². The van der Waals surface area contributed by atoms with E-state index in [0.29, 0.717) is 22.0 Å². The molecule has 0 aromatic heterocycles. The molecule has 0 amide bonds. The molecule has 5 heteroatoms. The molecule has 2 nitrogen and oxygen atoms in total. The zero-order valence-electron chi connectivity index (χ0n) is 9.96. The molecule has 1 heterocycles. The van der Waals surface area contributed by atoms with Gasteiger partial charge >= 0.3 is 0 Å². The van der Waals surface area contributed by atoms with Gasteiger partial charge in [-0.2, -0.15) is 0 Å². The van der Waals surface area contributed by atoms with E-state index in [1.54, 1.807) is 19.1 Å². The van der Waals surface area contributed by atoms with Crippen LogP contribution < -0.4 is 0 Å². The Kier molecular flexibility index (Phi) is 3.67. The van der Waals surface area contributed by atoms with Crippen molar-refractivity contribution in [3.05, 3.63) is 45.1 Å². The van der Waals surface area contributed by atoms with E-state index < -0.39 is 4.75 Å². The Balaban J connectivity index is 2.32. The van der Waals surface area contributed by atoms with E-state index in [1.807, 2.05) is 13.0 Å². The molecule has 0 spiro atoms. The topological polar surface area (TPSA) is 37.3 Å². The lowest BCUT2D eigenvalue weighted by atomic mass is 9.96. The van der Waals surface area contributed by atoms with E-state index >= 15 is 0 Å². The minimum atomic E-state index is -0.640. The highest BCUT2D eigenvalue weighted by atomic mass is 35.5. The molecule has 1 unspecified atom stereocenters. The Hall–Kier alpha value is -0.640. The number of aliphatic hydroxyl groups excluding tert-OH is 1. The molecule has 0 bridgehead atoms. The van der Waals surface area contributed by atoms with Gasteiger partial charge in [0.25, 0.3) is 0 Å². The first-order valence-corrected chi connectivity index (χ1v) is 6.98. The highest BCUT2D eigenvalue weighted by Crippen LogP contribution is 2.45. The van der Waals surface area contributed by atoms with Crippen LogP contribution in [0.25, 0.3) is 0 Å². The van der Waals surface area contributed by atoms with Gasteiger partial charge in [-0.25, -0.2) is 0 Å². The molecule has 1 aromatic rings. The molecule has 0 fully saturated rings. The molecular weight excluding hydrogens is 291 g/mol. The third-order valence-electron chi connectivity index (χ3n) is 3.02. The quantitative estimate of drug-likeness (QED) is 0.880. The van der Waals surface area contributed by atoms with Gasteiger partial charge in [0, 0.05) is 15.6 Å². The Bertz CT molecular complexity index is 554. The van der Waals surface area contributed by atoms with Crippen molar-refractivity contribution in [2.75, 3.05) is 0 Å². The van der Waals surface area contributed by atoms with Gasteiger partial charge in [0.15, 0.2) is 0 Å². The molecule has 1 aliphatic rings. The summed E-state index contributed by atoms with van der Waals surface area (Å²) >= 11 is 13.1. The first-order chi connectivity index (χ1) is 8.33. The Morgan fingerprint density at radius 1 is 1.39 bits per heavy atom. The first kappa shape index (κ1) is 13.8. The maximum absolute atomic E-state index is 11.6. The SMILES string of the molecule is CC1=C(O)C(C)(Cc2ccc(Cl)cc2Cl)SC1=O. The van der Waals surface area contributed by atoms with Crippen molar-refractivity contribution in [2.45, 2.75) is 25.0 Å². The van der Waals surface area contributed by atoms with Crippen LogP contribution in [0.5, 0.6) is 0 Å². The molecule has 0 aliphatic carbocycles. The maximum Gasteiger partial charge on any atom is 0.219 e. The second-order valence-electron chi connectivity index (χ2n) is 4.51. The van der Waals surface area contributed by atoms with Gasteiger partial charge in [-0.1, -0.05) is 41.0 Å². The van der Waals surface area contributed by atoms with E-state index in [1.165, 1.54) is 0 Å². The minimum Gasteiger partial charge on any atom is -0.510 e. The highest BCUT2D eigenvalue weighted by molar-refractivity contribution is 8.15. The summed E-state index contributed by atoms with van der Waals surface area (Å²) in [4.78, 5) is 11.6. The van der Waals surface area contributed by atoms with Crippen LogP contribution in [0, 0.1) is 0 Å². The van der Waals surface area contributed by atoms with Gasteiger partial charge < -0.3 is 5.11 Å². The van der Waals surface area contributed by atoms with Crippen molar-refractivity contribution in [2.24, 2.45) is 0 Å². The normalized spacial score (nSPS) is 23.9. The molecule has 1 aliphatic heterocycles. The maximum atomic E-state index is 11.6. The van der Waals surface area contributed by atoms with Gasteiger partial charge in [-0.05, 0) is 38.0 Å². The van der Waals surface area contributed by atoms with Crippen molar-refractivity contribution >= 4 is 40.1 Å². The average Bonchev–Trinajstić information content (AvgIpc) is 2.48. The lowest BCUT2D eigenvalue weighted by Gasteiger charge is -2.23. The fourth-order valence-electron chi connectivity index (χ4n) is 1.97. The van der Waals surface area contributed by atoms with Gasteiger partial charge in [0.05, 0.1) is 4.75 Å². The van der Waals surface area contributed by atoms with Gasteiger partial charge in [-0.15, -0.1) is 0 Å². The lowest BCUT2D eigenvalue weighted by molar-refractivity contribution is -0.107. The van der Waals surface area contributed by atoms with Crippen LogP contribution in [-0.2, 0) is 11.2 Å². The number of carbonyl (C=O) groups excluding carboxylic acids is 1. The molecule has 1 N–H and O–H groups in total. The largest absolute Gasteiger partial charge is 0.510 e. The number of thioether (sulfide) groups is 1. The van der Waals surface area contributed by atoms with Crippen LogP contribution in [0.1, 0.15) is 19.4 Å². The Morgan fingerprint density at radius 2 is 2.06 bits per heavy atom. The number of carbonyl (C=O) groups is 1. The van der Waals surface area contributed by atoms with Crippen LogP contribution in [0.2, 0.25) is 10.0 Å². The summed E-state index contributed by atoms with van der Waals surface area (Å²) in [5.74, 6) is 0.142. The fraction of sp³-hybridized carbons (Fsp3) is 0.308. The summed E-state index contributed by atoms with van der Waals surface area (Å²) in [6, 6.07) is 5.24. The summed E-state index contributed by atoms with van der Waals surface area (Å²) in [7, 11) is 0. The second-order valence-corrected chi connectivity index (χ2v) is 6.83. The summed E-state index contributed by atoms with van der Waals surface area (Å²) in [5, 5.41) is 11.1. The first-order valence-electron chi connectivity index (χ1n) is 5.41. The lowest BCUT2D eigenvalue weighted by Crippen LogP contribution is -2.24. The monoisotopic (exact) mass is 302 g/mol. The van der Waals surface area contributed by atoms with Crippen molar-refractivity contribution in [1.82, 2.24) is 0 Å². The molecular formula is C13H12Cl2O2S. The molecule has 2 rings (SSSR count). The predicted octanol–water partition coefficient (Wildman–Crippen LogP) is 4.40. The van der Waals surface area contributed by atoms with Crippen LogP contribution in [0.3, 0.4) is 0 Å². The standard InChI is InChI=1S/C13H12Cl2O2S/c1-7-11(16)13(2,18-12(7)17)6-8-3-4-9(14)5-10(8)15/h3-5,16H,6H2,1-2H3. The highest BCUT2D eigenvalue weighted by Gasteiger charge is 2.42. The summed E-state index contributed by atoms with van der Waals surface area (Å²) in [5.41, 5.74) is 1.29. The zero-order chi connectivity index (χ0) is 13.5. The van der Waals surface area contributed by atoms with Crippen molar-refractivity contribution < 1.29 is 9.90 Å². The van der Waals surface area contributed by atoms with Crippen molar-refractivity contribution in [3.63, 3.8) is 0 Å².